The monoisotopic (exact) mass is 333 g/mol. The van der Waals surface area contributed by atoms with Crippen molar-refractivity contribution < 1.29 is 0 Å². The molecule has 0 atom stereocenters. The summed E-state index contributed by atoms with van der Waals surface area (Å²) in [6, 6.07) is 7.32. The smallest absolute Gasteiger partial charge is 0.277 e. The Morgan fingerprint density at radius 1 is 1.00 bits per heavy atom. The van der Waals surface area contributed by atoms with Crippen LogP contribution < -0.4 is 5.56 Å². The van der Waals surface area contributed by atoms with Crippen LogP contribution in [0.25, 0.3) is 10.9 Å². The van der Waals surface area contributed by atoms with E-state index in [9.17, 15) is 4.79 Å². The molecule has 0 spiro atoms. The molecule has 0 fully saturated rings. The lowest BCUT2D eigenvalue weighted by Crippen LogP contribution is -2.24. The van der Waals surface area contributed by atoms with Gasteiger partial charge in [-0.3, -0.25) is 4.79 Å². The first-order valence-electron chi connectivity index (χ1n) is 7.63. The van der Waals surface area contributed by atoms with E-state index in [-0.39, 0.29) is 18.0 Å². The summed E-state index contributed by atoms with van der Waals surface area (Å²) in [6.45, 7) is 1.62. The van der Waals surface area contributed by atoms with Gasteiger partial charge in [-0.25, -0.2) is 9.67 Å². The molecule has 6 nitrogen and oxygen atoms in total. The second-order valence-electron chi connectivity index (χ2n) is 5.35. The van der Waals surface area contributed by atoms with Crippen LogP contribution in [0.3, 0.4) is 0 Å². The van der Waals surface area contributed by atoms with E-state index in [1.54, 1.807) is 12.3 Å². The summed E-state index contributed by atoms with van der Waals surface area (Å²) in [6.07, 6.45) is 9.88. The van der Waals surface area contributed by atoms with E-state index >= 15 is 0 Å². The third kappa shape index (κ3) is 4.39. The molecule has 0 unspecified atom stereocenters. The molecule has 7 heteroatoms. The zero-order chi connectivity index (χ0) is 15.2. The van der Waals surface area contributed by atoms with Crippen LogP contribution >= 0.6 is 12.4 Å². The number of halogens is 1. The predicted molar refractivity (Wildman–Crippen MR) is 91.7 cm³/mol. The van der Waals surface area contributed by atoms with Gasteiger partial charge in [0.05, 0.1) is 11.7 Å². The number of imidazole rings is 1. The highest BCUT2D eigenvalue weighted by Gasteiger charge is 2.04. The highest BCUT2D eigenvalue weighted by Crippen LogP contribution is 2.05. The van der Waals surface area contributed by atoms with E-state index in [1.807, 2.05) is 30.7 Å². The van der Waals surface area contributed by atoms with Crippen LogP contribution in [-0.4, -0.2) is 24.5 Å². The molecule has 2 aromatic heterocycles. The fourth-order valence-electron chi connectivity index (χ4n) is 2.50. The van der Waals surface area contributed by atoms with Crippen LogP contribution in [0, 0.1) is 0 Å². The summed E-state index contributed by atoms with van der Waals surface area (Å²) in [4.78, 5) is 16.3. The minimum Gasteiger partial charge on any atom is -0.337 e. The summed E-state index contributed by atoms with van der Waals surface area (Å²) >= 11 is 0. The maximum Gasteiger partial charge on any atom is 0.277 e. The van der Waals surface area contributed by atoms with Crippen molar-refractivity contribution in [3.8, 4) is 0 Å². The van der Waals surface area contributed by atoms with E-state index in [0.717, 1.165) is 32.2 Å². The lowest BCUT2D eigenvalue weighted by atomic mass is 10.2. The number of aryl methyl sites for hydroxylation is 2. The quantitative estimate of drug-likeness (QED) is 0.623. The Morgan fingerprint density at radius 2 is 1.78 bits per heavy atom. The molecular formula is C16H20ClN5O. The van der Waals surface area contributed by atoms with Gasteiger partial charge in [0.2, 0.25) is 0 Å². The fourth-order valence-corrected chi connectivity index (χ4v) is 2.50. The van der Waals surface area contributed by atoms with E-state index in [4.69, 9.17) is 0 Å². The van der Waals surface area contributed by atoms with Crippen molar-refractivity contribution in [2.75, 3.05) is 0 Å². The van der Waals surface area contributed by atoms with Crippen LogP contribution in [0.2, 0.25) is 0 Å². The molecule has 23 heavy (non-hydrogen) atoms. The van der Waals surface area contributed by atoms with Gasteiger partial charge in [0.15, 0.2) is 0 Å². The normalized spacial score (nSPS) is 10.6. The van der Waals surface area contributed by atoms with E-state index in [1.165, 1.54) is 4.68 Å². The number of nitrogens with zero attached hydrogens (tertiary/aromatic N) is 5. The van der Waals surface area contributed by atoms with Gasteiger partial charge in [-0.2, -0.15) is 0 Å². The molecule has 0 bridgehead atoms. The standard InChI is InChI=1S/C16H19N5O.ClH/c22-16-14-7-3-4-8-15(14)18-19-21(16)11-6-2-1-5-10-20-12-9-17-13-20;/h3-4,7-9,12-13H,1-2,5-6,10-11H2;1H. The second kappa shape index (κ2) is 8.43. The van der Waals surface area contributed by atoms with Gasteiger partial charge in [0.25, 0.3) is 5.56 Å². The molecule has 1 aromatic carbocycles. The fraction of sp³-hybridized carbons (Fsp3) is 0.375. The minimum absolute atomic E-state index is 0. The number of benzene rings is 1. The summed E-state index contributed by atoms with van der Waals surface area (Å²) < 4.78 is 3.55. The molecule has 2 heterocycles. The third-order valence-corrected chi connectivity index (χ3v) is 3.72. The van der Waals surface area contributed by atoms with Gasteiger partial charge in [-0.15, -0.1) is 17.5 Å². The van der Waals surface area contributed by atoms with Gasteiger partial charge in [0, 0.05) is 25.5 Å². The molecule has 0 N–H and O–H groups in total. The predicted octanol–water partition coefficient (Wildman–Crippen LogP) is 2.67. The molecule has 0 aliphatic heterocycles. The third-order valence-electron chi connectivity index (χ3n) is 3.72. The number of unbranched alkanes of at least 4 members (excludes halogenated alkanes) is 3. The van der Waals surface area contributed by atoms with Crippen LogP contribution in [0.4, 0.5) is 0 Å². The van der Waals surface area contributed by atoms with Crippen molar-refractivity contribution in [1.82, 2.24) is 24.5 Å². The van der Waals surface area contributed by atoms with E-state index in [0.29, 0.717) is 17.4 Å². The molecule has 0 saturated heterocycles. The number of rotatable bonds is 7. The van der Waals surface area contributed by atoms with Gasteiger partial charge in [0.1, 0.15) is 5.52 Å². The zero-order valence-corrected chi connectivity index (χ0v) is 13.7. The Balaban J connectivity index is 0.00000192. The van der Waals surface area contributed by atoms with Crippen molar-refractivity contribution in [2.24, 2.45) is 0 Å². The van der Waals surface area contributed by atoms with Crippen LogP contribution in [0.5, 0.6) is 0 Å². The average molecular weight is 334 g/mol. The molecule has 122 valence electrons. The number of aromatic nitrogens is 5. The molecule has 0 aliphatic rings. The second-order valence-corrected chi connectivity index (χ2v) is 5.35. The molecule has 0 radical (unpaired) electrons. The lowest BCUT2D eigenvalue weighted by Gasteiger charge is -2.05. The molecule has 3 rings (SSSR count). The average Bonchev–Trinajstić information content (AvgIpc) is 3.06. The molecule has 0 saturated carbocycles. The highest BCUT2D eigenvalue weighted by molar-refractivity contribution is 5.85. The first kappa shape index (κ1) is 17.1. The number of fused-ring (bicyclic) bond motifs is 1. The SMILES string of the molecule is Cl.O=c1c2ccccc2nnn1CCCCCCn1ccnc1. The number of hydrogen-bond donors (Lipinski definition) is 0. The number of hydrogen-bond acceptors (Lipinski definition) is 4. The lowest BCUT2D eigenvalue weighted by molar-refractivity contribution is 0.488. The Hall–Kier alpha value is -2.21. The van der Waals surface area contributed by atoms with Gasteiger partial charge in [-0.05, 0) is 25.0 Å². The Bertz CT molecular complexity index is 785. The summed E-state index contributed by atoms with van der Waals surface area (Å²) in [5, 5.41) is 8.74. The van der Waals surface area contributed by atoms with Gasteiger partial charge in [-0.1, -0.05) is 30.2 Å². The van der Waals surface area contributed by atoms with Crippen molar-refractivity contribution >= 4 is 23.3 Å². The Morgan fingerprint density at radius 3 is 2.57 bits per heavy atom. The van der Waals surface area contributed by atoms with Crippen molar-refractivity contribution in [3.05, 3.63) is 53.3 Å². The highest BCUT2D eigenvalue weighted by atomic mass is 35.5. The van der Waals surface area contributed by atoms with Crippen LogP contribution in [-0.2, 0) is 13.1 Å². The maximum absolute atomic E-state index is 12.3. The summed E-state index contributed by atoms with van der Waals surface area (Å²) in [5.41, 5.74) is 0.605. The van der Waals surface area contributed by atoms with Gasteiger partial charge < -0.3 is 4.57 Å². The van der Waals surface area contributed by atoms with Crippen LogP contribution in [0.1, 0.15) is 25.7 Å². The van der Waals surface area contributed by atoms with Crippen molar-refractivity contribution in [1.29, 1.82) is 0 Å². The minimum atomic E-state index is -0.0518. The molecule has 3 aromatic rings. The maximum atomic E-state index is 12.3. The first-order valence-corrected chi connectivity index (χ1v) is 7.63. The largest absolute Gasteiger partial charge is 0.337 e. The van der Waals surface area contributed by atoms with Crippen molar-refractivity contribution in [3.63, 3.8) is 0 Å². The van der Waals surface area contributed by atoms with Gasteiger partial charge >= 0.3 is 0 Å². The summed E-state index contributed by atoms with van der Waals surface area (Å²) in [7, 11) is 0. The van der Waals surface area contributed by atoms with Crippen molar-refractivity contribution in [2.45, 2.75) is 38.8 Å². The Kier molecular flexibility index (Phi) is 6.29. The van der Waals surface area contributed by atoms with Crippen LogP contribution in [0.15, 0.2) is 47.8 Å². The summed E-state index contributed by atoms with van der Waals surface area (Å²) in [5.74, 6) is 0. The first-order chi connectivity index (χ1) is 10.8. The molecule has 0 amide bonds. The topological polar surface area (TPSA) is 65.6 Å². The Labute approximate surface area is 140 Å². The molecule has 0 aliphatic carbocycles. The molecular weight excluding hydrogens is 314 g/mol. The van der Waals surface area contributed by atoms with E-state index < -0.39 is 0 Å². The zero-order valence-electron chi connectivity index (χ0n) is 12.8. The van der Waals surface area contributed by atoms with E-state index in [2.05, 4.69) is 19.9 Å².